The molecule has 0 aromatic heterocycles. The number of aromatic carboxylic acids is 1. The summed E-state index contributed by atoms with van der Waals surface area (Å²) >= 11 is 1.39. The van der Waals surface area contributed by atoms with E-state index in [4.69, 9.17) is 5.11 Å². The molecule has 1 aliphatic rings. The van der Waals surface area contributed by atoms with Gasteiger partial charge in [-0.15, -0.1) is 11.8 Å². The Hall–Kier alpha value is -1.53. The summed E-state index contributed by atoms with van der Waals surface area (Å²) in [5.41, 5.74) is 0.252. The van der Waals surface area contributed by atoms with E-state index >= 15 is 0 Å². The van der Waals surface area contributed by atoms with Crippen molar-refractivity contribution in [3.8, 4) is 0 Å². The number of thioether (sulfide) groups is 1. The van der Waals surface area contributed by atoms with Gasteiger partial charge in [-0.1, -0.05) is 6.07 Å². The minimum Gasteiger partial charge on any atom is -0.478 e. The highest BCUT2D eigenvalue weighted by Crippen LogP contribution is 2.20. The molecule has 108 valence electrons. The summed E-state index contributed by atoms with van der Waals surface area (Å²) in [6.07, 6.45) is 0. The molecule has 0 saturated carbocycles. The Balaban J connectivity index is 1.87. The number of carbonyl (C=O) groups is 2. The summed E-state index contributed by atoms with van der Waals surface area (Å²) in [4.78, 5) is 27.8. The van der Waals surface area contributed by atoms with Gasteiger partial charge in [0.25, 0.3) is 0 Å². The van der Waals surface area contributed by atoms with Crippen LogP contribution < -0.4 is 0 Å². The van der Waals surface area contributed by atoms with Crippen LogP contribution in [0, 0.1) is 0 Å². The average Bonchev–Trinajstić information content (AvgIpc) is 2.46. The van der Waals surface area contributed by atoms with Gasteiger partial charge in [-0.25, -0.2) is 4.79 Å². The Labute approximate surface area is 122 Å². The van der Waals surface area contributed by atoms with Gasteiger partial charge in [0.2, 0.25) is 5.91 Å². The van der Waals surface area contributed by atoms with Crippen LogP contribution in [-0.4, -0.2) is 65.8 Å². The number of carbonyl (C=O) groups excluding carboxylic acids is 1. The number of amides is 1. The van der Waals surface area contributed by atoms with E-state index in [9.17, 15) is 9.59 Å². The van der Waals surface area contributed by atoms with Gasteiger partial charge in [0, 0.05) is 31.1 Å². The highest BCUT2D eigenvalue weighted by Gasteiger charge is 2.18. The van der Waals surface area contributed by atoms with Gasteiger partial charge in [-0.2, -0.15) is 0 Å². The van der Waals surface area contributed by atoms with Gasteiger partial charge in [0.1, 0.15) is 0 Å². The van der Waals surface area contributed by atoms with E-state index in [1.165, 1.54) is 11.8 Å². The molecule has 1 aromatic carbocycles. The number of likely N-dealkylation sites (N-methyl/N-ethyl adjacent to an activating group) is 1. The number of carboxylic acids is 1. The van der Waals surface area contributed by atoms with Gasteiger partial charge in [-0.05, 0) is 25.2 Å². The minimum absolute atomic E-state index is 0.115. The highest BCUT2D eigenvalue weighted by molar-refractivity contribution is 8.00. The summed E-state index contributed by atoms with van der Waals surface area (Å²) in [6, 6.07) is 6.68. The standard InChI is InChI=1S/C14H18N2O3S/c1-15-5-7-16(8-6-15)13(17)10-20-12-4-2-3-11(9-12)14(18)19/h2-4,9H,5-8,10H2,1H3,(H,18,19). The zero-order valence-electron chi connectivity index (χ0n) is 11.4. The Morgan fingerprint density at radius 3 is 2.60 bits per heavy atom. The molecule has 0 aliphatic carbocycles. The molecule has 1 aliphatic heterocycles. The van der Waals surface area contributed by atoms with Crippen LogP contribution in [0.1, 0.15) is 10.4 Å². The second-order valence-electron chi connectivity index (χ2n) is 4.81. The second-order valence-corrected chi connectivity index (χ2v) is 5.85. The Morgan fingerprint density at radius 1 is 1.25 bits per heavy atom. The molecule has 0 spiro atoms. The van der Waals surface area contributed by atoms with Gasteiger partial charge in [0.15, 0.2) is 0 Å². The van der Waals surface area contributed by atoms with Crippen molar-refractivity contribution in [1.29, 1.82) is 0 Å². The topological polar surface area (TPSA) is 60.9 Å². The number of nitrogens with zero attached hydrogens (tertiary/aromatic N) is 2. The average molecular weight is 294 g/mol. The quantitative estimate of drug-likeness (QED) is 0.847. The summed E-state index contributed by atoms with van der Waals surface area (Å²) in [6.45, 7) is 3.35. The van der Waals surface area contributed by atoms with Crippen molar-refractivity contribution in [2.45, 2.75) is 4.90 Å². The van der Waals surface area contributed by atoms with Crippen LogP contribution in [0.15, 0.2) is 29.2 Å². The van der Waals surface area contributed by atoms with Crippen molar-refractivity contribution < 1.29 is 14.7 Å². The van der Waals surface area contributed by atoms with Crippen molar-refractivity contribution in [1.82, 2.24) is 9.80 Å². The molecular formula is C14H18N2O3S. The summed E-state index contributed by atoms with van der Waals surface area (Å²) < 4.78 is 0. The summed E-state index contributed by atoms with van der Waals surface area (Å²) in [7, 11) is 2.05. The van der Waals surface area contributed by atoms with Crippen molar-refractivity contribution in [2.24, 2.45) is 0 Å². The highest BCUT2D eigenvalue weighted by atomic mass is 32.2. The van der Waals surface area contributed by atoms with Gasteiger partial charge < -0.3 is 14.9 Å². The molecule has 1 aromatic rings. The second kappa shape index (κ2) is 6.76. The molecule has 1 N–H and O–H groups in total. The zero-order valence-corrected chi connectivity index (χ0v) is 12.2. The molecule has 20 heavy (non-hydrogen) atoms. The van der Waals surface area contributed by atoms with Crippen molar-refractivity contribution in [2.75, 3.05) is 39.0 Å². The van der Waals surface area contributed by atoms with Crippen LogP contribution in [0.4, 0.5) is 0 Å². The van der Waals surface area contributed by atoms with Crippen LogP contribution in [0.2, 0.25) is 0 Å². The third kappa shape index (κ3) is 3.98. The van der Waals surface area contributed by atoms with Crippen LogP contribution in [-0.2, 0) is 4.79 Å². The van der Waals surface area contributed by atoms with Gasteiger partial charge in [0.05, 0.1) is 11.3 Å². The normalized spacial score (nSPS) is 16.1. The molecule has 0 atom stereocenters. The number of rotatable bonds is 4. The zero-order chi connectivity index (χ0) is 14.5. The van der Waals surface area contributed by atoms with Crippen LogP contribution in [0.25, 0.3) is 0 Å². The molecule has 0 unspecified atom stereocenters. The molecular weight excluding hydrogens is 276 g/mol. The van der Waals surface area contributed by atoms with Crippen LogP contribution >= 0.6 is 11.8 Å². The predicted octanol–water partition coefficient (Wildman–Crippen LogP) is 1.25. The maximum absolute atomic E-state index is 12.1. The third-order valence-corrected chi connectivity index (χ3v) is 4.28. The van der Waals surface area contributed by atoms with Gasteiger partial charge >= 0.3 is 5.97 Å². The fourth-order valence-corrected chi connectivity index (χ4v) is 2.87. The van der Waals surface area contributed by atoms with E-state index in [-0.39, 0.29) is 11.5 Å². The lowest BCUT2D eigenvalue weighted by Gasteiger charge is -2.32. The fraction of sp³-hybridized carbons (Fsp3) is 0.429. The largest absolute Gasteiger partial charge is 0.478 e. The SMILES string of the molecule is CN1CCN(C(=O)CSc2cccc(C(=O)O)c2)CC1. The van der Waals surface area contributed by atoms with Crippen molar-refractivity contribution in [3.63, 3.8) is 0 Å². The van der Waals surface area contributed by atoms with E-state index in [0.29, 0.717) is 5.75 Å². The first-order chi connectivity index (χ1) is 9.56. The smallest absolute Gasteiger partial charge is 0.335 e. The number of piperazine rings is 1. The Morgan fingerprint density at radius 2 is 1.95 bits per heavy atom. The van der Waals surface area contributed by atoms with Gasteiger partial charge in [-0.3, -0.25) is 4.79 Å². The van der Waals surface area contributed by atoms with Crippen molar-refractivity contribution >= 4 is 23.6 Å². The molecule has 1 fully saturated rings. The number of carboxylic acid groups (broad SMARTS) is 1. The lowest BCUT2D eigenvalue weighted by atomic mass is 10.2. The number of hydrogen-bond donors (Lipinski definition) is 1. The number of hydrogen-bond acceptors (Lipinski definition) is 4. The van der Waals surface area contributed by atoms with E-state index in [2.05, 4.69) is 4.90 Å². The van der Waals surface area contributed by atoms with Crippen LogP contribution in [0.3, 0.4) is 0 Å². The predicted molar refractivity (Wildman–Crippen MR) is 78.2 cm³/mol. The first kappa shape index (κ1) is 14.9. The maximum atomic E-state index is 12.1. The van der Waals surface area contributed by atoms with E-state index < -0.39 is 5.97 Å². The monoisotopic (exact) mass is 294 g/mol. The molecule has 1 saturated heterocycles. The molecule has 1 amide bonds. The molecule has 1 heterocycles. The Bertz CT molecular complexity index is 499. The lowest BCUT2D eigenvalue weighted by molar-refractivity contribution is -0.129. The Kier molecular flexibility index (Phi) is 5.03. The number of benzene rings is 1. The molecule has 0 bridgehead atoms. The van der Waals surface area contributed by atoms with Crippen LogP contribution in [0.5, 0.6) is 0 Å². The summed E-state index contributed by atoms with van der Waals surface area (Å²) in [5, 5.41) is 8.93. The fourth-order valence-electron chi connectivity index (χ4n) is 2.01. The van der Waals surface area contributed by atoms with E-state index in [0.717, 1.165) is 31.1 Å². The first-order valence-corrected chi connectivity index (χ1v) is 7.47. The van der Waals surface area contributed by atoms with E-state index in [1.54, 1.807) is 18.2 Å². The van der Waals surface area contributed by atoms with E-state index in [1.807, 2.05) is 18.0 Å². The summed E-state index contributed by atoms with van der Waals surface area (Å²) in [5.74, 6) is -0.478. The maximum Gasteiger partial charge on any atom is 0.335 e. The first-order valence-electron chi connectivity index (χ1n) is 6.49. The van der Waals surface area contributed by atoms with Crippen molar-refractivity contribution in [3.05, 3.63) is 29.8 Å². The lowest BCUT2D eigenvalue weighted by Crippen LogP contribution is -2.47. The third-order valence-electron chi connectivity index (χ3n) is 3.30. The molecule has 6 heteroatoms. The minimum atomic E-state index is -0.946. The molecule has 0 radical (unpaired) electrons. The molecule has 5 nitrogen and oxygen atoms in total. The molecule has 2 rings (SSSR count).